The third kappa shape index (κ3) is 2.83. The molecule has 1 saturated heterocycles. The molecule has 22 heavy (non-hydrogen) atoms. The highest BCUT2D eigenvalue weighted by atomic mass is 16.3. The molecule has 5 heteroatoms. The molecule has 0 unspecified atom stereocenters. The number of carbonyl (C=O) groups excluding carboxylic acids is 1. The predicted molar refractivity (Wildman–Crippen MR) is 84.3 cm³/mol. The van der Waals surface area contributed by atoms with Gasteiger partial charge in [0.2, 0.25) is 0 Å². The Kier molecular flexibility index (Phi) is 3.87. The molecule has 114 valence electrons. The second kappa shape index (κ2) is 5.97. The number of aromatic hydroxyl groups is 2. The molecule has 1 amide bonds. The van der Waals surface area contributed by atoms with E-state index in [1.165, 1.54) is 18.2 Å². The van der Waals surface area contributed by atoms with E-state index in [4.69, 9.17) is 0 Å². The van der Waals surface area contributed by atoms with E-state index in [2.05, 4.69) is 17.0 Å². The van der Waals surface area contributed by atoms with Gasteiger partial charge in [0.1, 0.15) is 11.5 Å². The molecule has 0 spiro atoms. The normalized spacial score (nSPS) is 14.9. The summed E-state index contributed by atoms with van der Waals surface area (Å²) in [5.74, 6) is -0.441. The van der Waals surface area contributed by atoms with Crippen molar-refractivity contribution in [1.29, 1.82) is 0 Å². The Morgan fingerprint density at radius 1 is 0.909 bits per heavy atom. The van der Waals surface area contributed by atoms with Gasteiger partial charge in [-0.1, -0.05) is 18.2 Å². The van der Waals surface area contributed by atoms with E-state index >= 15 is 0 Å². The Hall–Kier alpha value is -2.69. The topological polar surface area (TPSA) is 64.0 Å². The molecule has 0 atom stereocenters. The van der Waals surface area contributed by atoms with E-state index in [0.29, 0.717) is 13.1 Å². The summed E-state index contributed by atoms with van der Waals surface area (Å²) in [5, 5.41) is 19.1. The summed E-state index contributed by atoms with van der Waals surface area (Å²) >= 11 is 0. The summed E-state index contributed by atoms with van der Waals surface area (Å²) < 4.78 is 0. The molecule has 0 aromatic heterocycles. The highest BCUT2D eigenvalue weighted by molar-refractivity contribution is 5.97. The number of amides is 1. The molecule has 1 aliphatic rings. The Labute approximate surface area is 129 Å². The molecule has 2 N–H and O–H groups in total. The van der Waals surface area contributed by atoms with Gasteiger partial charge in [-0.15, -0.1) is 0 Å². The highest BCUT2D eigenvalue weighted by Crippen LogP contribution is 2.24. The smallest absolute Gasteiger partial charge is 0.257 e. The quantitative estimate of drug-likeness (QED) is 0.891. The minimum Gasteiger partial charge on any atom is -0.508 e. The lowest BCUT2D eigenvalue weighted by Gasteiger charge is -2.36. The first-order valence-electron chi connectivity index (χ1n) is 7.26. The van der Waals surface area contributed by atoms with Crippen LogP contribution in [0.1, 0.15) is 10.4 Å². The Bertz CT molecular complexity index is 665. The summed E-state index contributed by atoms with van der Waals surface area (Å²) in [5.41, 5.74) is 1.38. The summed E-state index contributed by atoms with van der Waals surface area (Å²) in [6.07, 6.45) is 0. The number of hydrogen-bond donors (Lipinski definition) is 2. The molecule has 0 aliphatic carbocycles. The third-order valence-electron chi connectivity index (χ3n) is 3.90. The number of anilines is 1. The maximum absolute atomic E-state index is 12.4. The molecular formula is C17H18N2O3. The van der Waals surface area contributed by atoms with Crippen LogP contribution >= 0.6 is 0 Å². The number of benzene rings is 2. The first-order chi connectivity index (χ1) is 10.6. The number of hydrogen-bond acceptors (Lipinski definition) is 4. The number of carbonyl (C=O) groups is 1. The SMILES string of the molecule is O=C(c1ccc(O)cc1O)N1CCN(c2ccccc2)CC1. The van der Waals surface area contributed by atoms with E-state index in [1.807, 2.05) is 18.2 Å². The molecule has 0 radical (unpaired) electrons. The van der Waals surface area contributed by atoms with Crippen LogP contribution in [0.5, 0.6) is 11.5 Å². The van der Waals surface area contributed by atoms with E-state index in [-0.39, 0.29) is 23.0 Å². The van der Waals surface area contributed by atoms with E-state index < -0.39 is 0 Å². The summed E-state index contributed by atoms with van der Waals surface area (Å²) in [6, 6.07) is 14.2. The summed E-state index contributed by atoms with van der Waals surface area (Å²) in [4.78, 5) is 16.4. The molecule has 1 heterocycles. The monoisotopic (exact) mass is 298 g/mol. The van der Waals surface area contributed by atoms with Crippen molar-refractivity contribution in [3.63, 3.8) is 0 Å². The minimum absolute atomic E-state index is 0.0528. The number of phenols is 2. The van der Waals surface area contributed by atoms with Crippen molar-refractivity contribution >= 4 is 11.6 Å². The lowest BCUT2D eigenvalue weighted by molar-refractivity contribution is 0.0743. The van der Waals surface area contributed by atoms with Crippen LogP contribution in [0.3, 0.4) is 0 Å². The average Bonchev–Trinajstić information content (AvgIpc) is 2.55. The van der Waals surface area contributed by atoms with Gasteiger partial charge in [-0.3, -0.25) is 4.79 Å². The van der Waals surface area contributed by atoms with Crippen LogP contribution < -0.4 is 4.90 Å². The Morgan fingerprint density at radius 3 is 2.23 bits per heavy atom. The first kappa shape index (κ1) is 14.3. The van der Waals surface area contributed by atoms with Crippen LogP contribution in [-0.4, -0.2) is 47.2 Å². The lowest BCUT2D eigenvalue weighted by atomic mass is 10.1. The fourth-order valence-corrected chi connectivity index (χ4v) is 2.68. The molecule has 2 aromatic rings. The molecule has 1 fully saturated rings. The molecule has 2 aromatic carbocycles. The van der Waals surface area contributed by atoms with Gasteiger partial charge in [-0.2, -0.15) is 0 Å². The van der Waals surface area contributed by atoms with Gasteiger partial charge in [0.05, 0.1) is 5.56 Å². The van der Waals surface area contributed by atoms with Gasteiger partial charge in [0, 0.05) is 37.9 Å². The van der Waals surface area contributed by atoms with Crippen molar-refractivity contribution in [2.24, 2.45) is 0 Å². The number of rotatable bonds is 2. The Morgan fingerprint density at radius 2 is 1.59 bits per heavy atom. The second-order valence-corrected chi connectivity index (χ2v) is 5.32. The second-order valence-electron chi connectivity index (χ2n) is 5.32. The van der Waals surface area contributed by atoms with Crippen molar-refractivity contribution < 1.29 is 15.0 Å². The highest BCUT2D eigenvalue weighted by Gasteiger charge is 2.24. The van der Waals surface area contributed by atoms with E-state index in [9.17, 15) is 15.0 Å². The van der Waals surface area contributed by atoms with Crippen LogP contribution in [0.2, 0.25) is 0 Å². The number of nitrogens with zero attached hydrogens (tertiary/aromatic N) is 2. The van der Waals surface area contributed by atoms with Gasteiger partial charge >= 0.3 is 0 Å². The summed E-state index contributed by atoms with van der Waals surface area (Å²) in [7, 11) is 0. The van der Waals surface area contributed by atoms with Crippen molar-refractivity contribution in [2.45, 2.75) is 0 Å². The zero-order valence-electron chi connectivity index (χ0n) is 12.1. The minimum atomic E-state index is -0.204. The maximum Gasteiger partial charge on any atom is 0.257 e. The van der Waals surface area contributed by atoms with Gasteiger partial charge < -0.3 is 20.0 Å². The first-order valence-corrected chi connectivity index (χ1v) is 7.26. The molecule has 0 bridgehead atoms. The van der Waals surface area contributed by atoms with Crippen molar-refractivity contribution in [1.82, 2.24) is 4.90 Å². The zero-order valence-corrected chi connectivity index (χ0v) is 12.1. The van der Waals surface area contributed by atoms with Crippen LogP contribution in [0.15, 0.2) is 48.5 Å². The number of para-hydroxylation sites is 1. The largest absolute Gasteiger partial charge is 0.508 e. The van der Waals surface area contributed by atoms with Crippen LogP contribution in [0.25, 0.3) is 0 Å². The van der Waals surface area contributed by atoms with E-state index in [1.54, 1.807) is 4.90 Å². The zero-order chi connectivity index (χ0) is 15.5. The van der Waals surface area contributed by atoms with Crippen LogP contribution in [-0.2, 0) is 0 Å². The molecule has 3 rings (SSSR count). The predicted octanol–water partition coefficient (Wildman–Crippen LogP) is 2.06. The fourth-order valence-electron chi connectivity index (χ4n) is 2.68. The van der Waals surface area contributed by atoms with Gasteiger partial charge in [0.25, 0.3) is 5.91 Å². The van der Waals surface area contributed by atoms with E-state index in [0.717, 1.165) is 18.8 Å². The average molecular weight is 298 g/mol. The number of piperazine rings is 1. The maximum atomic E-state index is 12.4. The van der Waals surface area contributed by atoms with Gasteiger partial charge in [0.15, 0.2) is 0 Å². The molecule has 0 saturated carbocycles. The van der Waals surface area contributed by atoms with Crippen LogP contribution in [0.4, 0.5) is 5.69 Å². The molecule has 1 aliphatic heterocycles. The van der Waals surface area contributed by atoms with Crippen molar-refractivity contribution in [3.05, 3.63) is 54.1 Å². The lowest BCUT2D eigenvalue weighted by Crippen LogP contribution is -2.48. The molecule has 5 nitrogen and oxygen atoms in total. The van der Waals surface area contributed by atoms with Gasteiger partial charge in [-0.05, 0) is 24.3 Å². The fraction of sp³-hybridized carbons (Fsp3) is 0.235. The third-order valence-corrected chi connectivity index (χ3v) is 3.90. The molecular weight excluding hydrogens is 280 g/mol. The van der Waals surface area contributed by atoms with Crippen LogP contribution in [0, 0.1) is 0 Å². The van der Waals surface area contributed by atoms with Crippen molar-refractivity contribution in [2.75, 3.05) is 31.1 Å². The van der Waals surface area contributed by atoms with Gasteiger partial charge in [-0.25, -0.2) is 0 Å². The standard InChI is InChI=1S/C17H18N2O3/c20-14-6-7-15(16(21)12-14)17(22)19-10-8-18(9-11-19)13-4-2-1-3-5-13/h1-7,12,20-21H,8-11H2. The van der Waals surface area contributed by atoms with Crippen molar-refractivity contribution in [3.8, 4) is 11.5 Å². The Balaban J connectivity index is 1.67. The summed E-state index contributed by atoms with van der Waals surface area (Å²) in [6.45, 7) is 2.73. The number of phenolic OH excluding ortho intramolecular Hbond substituents is 2.